The third-order valence-electron chi connectivity index (χ3n) is 3.06. The molecule has 0 aliphatic heterocycles. The third-order valence-corrected chi connectivity index (χ3v) is 3.19. The predicted octanol–water partition coefficient (Wildman–Crippen LogP) is 5.59. The van der Waals surface area contributed by atoms with Crippen LogP contribution in [0.25, 0.3) is 0 Å². The number of carbonyl (C=O) groups excluding carboxylic acids is 1. The molecule has 0 N–H and O–H groups in total. The standard InChI is InChI=1S/C18H14ClF3O3/c1-12(2-11-17(19)23)24-14-7-9-16(10-8-14)25-15-5-3-13(4-6-15)18(20,21)22/h2-12H,1H3/b11-2+. The van der Waals surface area contributed by atoms with Crippen LogP contribution in [0.5, 0.6) is 17.2 Å². The normalized spacial score (nSPS) is 12.8. The van der Waals surface area contributed by atoms with Crippen molar-refractivity contribution in [1.82, 2.24) is 0 Å². The summed E-state index contributed by atoms with van der Waals surface area (Å²) >= 11 is 5.20. The Kier molecular flexibility index (Phi) is 6.09. The van der Waals surface area contributed by atoms with Gasteiger partial charge in [-0.2, -0.15) is 13.2 Å². The first-order valence-corrected chi connectivity index (χ1v) is 7.61. The molecule has 2 aromatic rings. The van der Waals surface area contributed by atoms with Crippen LogP contribution < -0.4 is 9.47 Å². The predicted molar refractivity (Wildman–Crippen MR) is 88.1 cm³/mol. The molecule has 0 fully saturated rings. The maximum Gasteiger partial charge on any atom is 0.416 e. The number of hydrogen-bond acceptors (Lipinski definition) is 3. The number of hydrogen-bond donors (Lipinski definition) is 0. The Hall–Kier alpha value is -2.47. The van der Waals surface area contributed by atoms with Crippen LogP contribution in [0.15, 0.2) is 60.7 Å². The zero-order valence-corrected chi connectivity index (χ0v) is 13.8. The van der Waals surface area contributed by atoms with Gasteiger partial charge in [0.2, 0.25) is 5.24 Å². The number of alkyl halides is 3. The number of allylic oxidation sites excluding steroid dienone is 1. The van der Waals surface area contributed by atoms with Gasteiger partial charge in [0.15, 0.2) is 0 Å². The Balaban J connectivity index is 1.97. The topological polar surface area (TPSA) is 35.5 Å². The Morgan fingerprint density at radius 2 is 1.48 bits per heavy atom. The fourth-order valence-electron chi connectivity index (χ4n) is 1.90. The average Bonchev–Trinajstić information content (AvgIpc) is 2.54. The zero-order chi connectivity index (χ0) is 18.4. The second-order valence-corrected chi connectivity index (χ2v) is 5.45. The van der Waals surface area contributed by atoms with Crippen LogP contribution in [-0.4, -0.2) is 11.3 Å². The molecule has 0 amide bonds. The molecule has 0 radical (unpaired) electrons. The summed E-state index contributed by atoms with van der Waals surface area (Å²) in [6.45, 7) is 1.74. The van der Waals surface area contributed by atoms with E-state index in [4.69, 9.17) is 21.1 Å². The molecular weight excluding hydrogens is 357 g/mol. The van der Waals surface area contributed by atoms with Crippen molar-refractivity contribution in [3.8, 4) is 17.2 Å². The lowest BCUT2D eigenvalue weighted by atomic mass is 10.2. The minimum atomic E-state index is -4.38. The minimum Gasteiger partial charge on any atom is -0.487 e. The van der Waals surface area contributed by atoms with Crippen LogP contribution in [0, 0.1) is 0 Å². The number of halogens is 4. The highest BCUT2D eigenvalue weighted by molar-refractivity contribution is 6.66. The van der Waals surface area contributed by atoms with Crippen molar-refractivity contribution in [3.05, 3.63) is 66.2 Å². The van der Waals surface area contributed by atoms with E-state index in [2.05, 4.69) is 0 Å². The number of carbonyl (C=O) groups is 1. The fourth-order valence-corrected chi connectivity index (χ4v) is 1.97. The largest absolute Gasteiger partial charge is 0.487 e. The Bertz CT molecular complexity index is 738. The summed E-state index contributed by atoms with van der Waals surface area (Å²) in [5.74, 6) is 1.28. The van der Waals surface area contributed by atoms with Crippen LogP contribution in [0.2, 0.25) is 0 Å². The SMILES string of the molecule is CC(/C=C/C(=O)Cl)Oc1ccc(Oc2ccc(C(F)(F)F)cc2)cc1. The van der Waals surface area contributed by atoms with Crippen molar-refractivity contribution < 1.29 is 27.4 Å². The summed E-state index contributed by atoms with van der Waals surface area (Å²) in [5.41, 5.74) is -0.735. The van der Waals surface area contributed by atoms with Gasteiger partial charge >= 0.3 is 6.18 Å². The van der Waals surface area contributed by atoms with Gasteiger partial charge < -0.3 is 9.47 Å². The van der Waals surface area contributed by atoms with Gasteiger partial charge in [0, 0.05) is 0 Å². The van der Waals surface area contributed by atoms with Gasteiger partial charge in [-0.15, -0.1) is 0 Å². The maximum absolute atomic E-state index is 12.5. The molecule has 1 unspecified atom stereocenters. The Morgan fingerprint density at radius 1 is 1.00 bits per heavy atom. The van der Waals surface area contributed by atoms with Gasteiger partial charge in [0.1, 0.15) is 23.4 Å². The van der Waals surface area contributed by atoms with E-state index in [1.165, 1.54) is 24.3 Å². The van der Waals surface area contributed by atoms with Gasteiger partial charge in [-0.3, -0.25) is 4.79 Å². The Morgan fingerprint density at radius 3 is 1.96 bits per heavy atom. The van der Waals surface area contributed by atoms with E-state index in [1.807, 2.05) is 0 Å². The van der Waals surface area contributed by atoms with Gasteiger partial charge in [0.05, 0.1) is 5.56 Å². The van der Waals surface area contributed by atoms with Crippen molar-refractivity contribution in [2.75, 3.05) is 0 Å². The zero-order valence-electron chi connectivity index (χ0n) is 13.1. The van der Waals surface area contributed by atoms with Gasteiger partial charge in [0.25, 0.3) is 0 Å². The van der Waals surface area contributed by atoms with E-state index < -0.39 is 17.0 Å². The highest BCUT2D eigenvalue weighted by Gasteiger charge is 2.30. The fraction of sp³-hybridized carbons (Fsp3) is 0.167. The quantitative estimate of drug-likeness (QED) is 0.491. The first kappa shape index (κ1) is 18.9. The summed E-state index contributed by atoms with van der Waals surface area (Å²) in [7, 11) is 0. The molecule has 0 saturated carbocycles. The third kappa shape index (κ3) is 6.15. The lowest BCUT2D eigenvalue weighted by Crippen LogP contribution is -2.08. The molecule has 0 aromatic heterocycles. The van der Waals surface area contributed by atoms with Crippen molar-refractivity contribution in [2.24, 2.45) is 0 Å². The maximum atomic E-state index is 12.5. The smallest absolute Gasteiger partial charge is 0.416 e. The van der Waals surface area contributed by atoms with Gasteiger partial charge in [-0.1, -0.05) is 0 Å². The first-order valence-electron chi connectivity index (χ1n) is 7.23. The van der Waals surface area contributed by atoms with Crippen LogP contribution in [0.3, 0.4) is 0 Å². The Labute approximate surface area is 147 Å². The number of benzene rings is 2. The summed E-state index contributed by atoms with van der Waals surface area (Å²) < 4.78 is 48.6. The summed E-state index contributed by atoms with van der Waals surface area (Å²) in [6, 6.07) is 11.0. The van der Waals surface area contributed by atoms with E-state index in [9.17, 15) is 18.0 Å². The first-order chi connectivity index (χ1) is 11.7. The van der Waals surface area contributed by atoms with Gasteiger partial charge in [-0.05, 0) is 79.2 Å². The summed E-state index contributed by atoms with van der Waals surface area (Å²) in [6.07, 6.45) is -2.02. The second kappa shape index (κ2) is 8.07. The van der Waals surface area contributed by atoms with Crippen molar-refractivity contribution in [3.63, 3.8) is 0 Å². The number of rotatable bonds is 6. The molecule has 0 aliphatic carbocycles. The lowest BCUT2D eigenvalue weighted by Gasteiger charge is -2.12. The lowest BCUT2D eigenvalue weighted by molar-refractivity contribution is -0.137. The van der Waals surface area contributed by atoms with Crippen molar-refractivity contribution in [2.45, 2.75) is 19.2 Å². The average molecular weight is 371 g/mol. The number of ether oxygens (including phenoxy) is 2. The summed E-state index contributed by atoms with van der Waals surface area (Å²) in [4.78, 5) is 10.6. The molecule has 0 heterocycles. The van der Waals surface area contributed by atoms with Crippen molar-refractivity contribution in [1.29, 1.82) is 0 Å². The molecule has 0 spiro atoms. The summed E-state index contributed by atoms with van der Waals surface area (Å²) in [5, 5.41) is -0.587. The molecule has 0 bridgehead atoms. The van der Waals surface area contributed by atoms with Crippen molar-refractivity contribution >= 4 is 16.8 Å². The molecule has 25 heavy (non-hydrogen) atoms. The van der Waals surface area contributed by atoms with Crippen LogP contribution >= 0.6 is 11.6 Å². The molecule has 3 nitrogen and oxygen atoms in total. The van der Waals surface area contributed by atoms with E-state index in [0.29, 0.717) is 17.2 Å². The highest BCUT2D eigenvalue weighted by Crippen LogP contribution is 2.31. The molecule has 0 saturated heterocycles. The molecule has 7 heteroatoms. The van der Waals surface area contributed by atoms with Crippen LogP contribution in [0.4, 0.5) is 13.2 Å². The van der Waals surface area contributed by atoms with E-state index in [1.54, 1.807) is 31.2 Å². The highest BCUT2D eigenvalue weighted by atomic mass is 35.5. The molecule has 2 rings (SSSR count). The van der Waals surface area contributed by atoms with E-state index in [-0.39, 0.29) is 6.10 Å². The molecule has 2 aromatic carbocycles. The minimum absolute atomic E-state index is 0.290. The molecule has 1 atom stereocenters. The van der Waals surface area contributed by atoms with Crippen LogP contribution in [0.1, 0.15) is 12.5 Å². The second-order valence-electron chi connectivity index (χ2n) is 5.08. The van der Waals surface area contributed by atoms with E-state index in [0.717, 1.165) is 12.1 Å². The monoisotopic (exact) mass is 370 g/mol. The van der Waals surface area contributed by atoms with Crippen LogP contribution in [-0.2, 0) is 11.0 Å². The molecular formula is C18H14ClF3O3. The van der Waals surface area contributed by atoms with Gasteiger partial charge in [-0.25, -0.2) is 0 Å². The van der Waals surface area contributed by atoms with E-state index >= 15 is 0 Å². The molecule has 0 aliphatic rings. The molecule has 132 valence electrons.